The molecule has 0 aromatic rings. The Morgan fingerprint density at radius 2 is 2.00 bits per heavy atom. The second-order valence-electron chi connectivity index (χ2n) is 3.77. The Morgan fingerprint density at radius 1 is 1.33 bits per heavy atom. The molecular weight excluding hydrogens is 146 g/mol. The first-order chi connectivity index (χ1) is 5.66. The third kappa shape index (κ3) is 7.80. The summed E-state index contributed by atoms with van der Waals surface area (Å²) in [4.78, 5) is 0. The minimum Gasteiger partial charge on any atom is -0.327 e. The van der Waals surface area contributed by atoms with Crippen LogP contribution in [-0.4, -0.2) is 6.04 Å². The number of nitrogens with two attached hydrogens (primary N) is 1. The largest absolute Gasteiger partial charge is 0.327 e. The lowest BCUT2D eigenvalue weighted by molar-refractivity contribution is 0.545. The normalized spacial score (nSPS) is 12.9. The molecule has 0 saturated carbocycles. The molecule has 0 spiro atoms. The van der Waals surface area contributed by atoms with E-state index >= 15 is 0 Å². The van der Waals surface area contributed by atoms with Crippen LogP contribution in [0.2, 0.25) is 0 Å². The summed E-state index contributed by atoms with van der Waals surface area (Å²) in [5.41, 5.74) is 7.10. The van der Waals surface area contributed by atoms with Gasteiger partial charge in [-0.3, -0.25) is 0 Å². The highest BCUT2D eigenvalue weighted by Crippen LogP contribution is 2.09. The molecule has 0 aliphatic rings. The molecule has 2 N–H and O–H groups in total. The van der Waals surface area contributed by atoms with Crippen LogP contribution in [0.25, 0.3) is 0 Å². The van der Waals surface area contributed by atoms with E-state index in [4.69, 9.17) is 5.73 Å². The van der Waals surface area contributed by atoms with Crippen LogP contribution in [0.5, 0.6) is 0 Å². The van der Waals surface area contributed by atoms with Gasteiger partial charge in [0.2, 0.25) is 0 Å². The number of hydrogen-bond donors (Lipinski definition) is 1. The van der Waals surface area contributed by atoms with E-state index in [9.17, 15) is 0 Å². The van der Waals surface area contributed by atoms with Gasteiger partial charge < -0.3 is 5.73 Å². The van der Waals surface area contributed by atoms with E-state index < -0.39 is 0 Å². The van der Waals surface area contributed by atoms with E-state index in [1.54, 1.807) is 0 Å². The highest BCUT2D eigenvalue weighted by molar-refractivity contribution is 4.91. The molecule has 0 amide bonds. The van der Waals surface area contributed by atoms with Crippen molar-refractivity contribution in [3.63, 3.8) is 0 Å². The van der Waals surface area contributed by atoms with Crippen molar-refractivity contribution in [2.75, 3.05) is 0 Å². The molecule has 0 rings (SSSR count). The van der Waals surface area contributed by atoms with Gasteiger partial charge in [0.05, 0.1) is 0 Å². The molecule has 1 atom stereocenters. The monoisotopic (exact) mass is 169 g/mol. The van der Waals surface area contributed by atoms with Crippen molar-refractivity contribution in [2.24, 2.45) is 5.73 Å². The molecule has 1 unspecified atom stereocenters. The van der Waals surface area contributed by atoms with Gasteiger partial charge in [-0.15, -0.1) is 6.58 Å². The molecule has 0 aliphatic heterocycles. The number of unbranched alkanes of at least 4 members (excludes halogenated alkanes) is 3. The third-order valence-electron chi connectivity index (χ3n) is 2.04. The average Bonchev–Trinajstić information content (AvgIpc) is 1.97. The zero-order chi connectivity index (χ0) is 9.40. The van der Waals surface area contributed by atoms with Crippen molar-refractivity contribution in [1.29, 1.82) is 0 Å². The van der Waals surface area contributed by atoms with Gasteiger partial charge in [0.25, 0.3) is 0 Å². The van der Waals surface area contributed by atoms with Gasteiger partial charge in [-0.25, -0.2) is 0 Å². The molecule has 0 saturated heterocycles. The van der Waals surface area contributed by atoms with Crippen LogP contribution >= 0.6 is 0 Å². The Kier molecular flexibility index (Phi) is 7.17. The maximum atomic E-state index is 5.90. The Labute approximate surface area is 77.0 Å². The minimum absolute atomic E-state index is 0.347. The van der Waals surface area contributed by atoms with Crippen molar-refractivity contribution in [3.8, 4) is 0 Å². The quantitative estimate of drug-likeness (QED) is 0.459. The second kappa shape index (κ2) is 7.35. The molecule has 0 aromatic carbocycles. The van der Waals surface area contributed by atoms with Gasteiger partial charge in [0, 0.05) is 6.04 Å². The highest BCUT2D eigenvalue weighted by atomic mass is 14.6. The van der Waals surface area contributed by atoms with Gasteiger partial charge in [-0.1, -0.05) is 38.2 Å². The van der Waals surface area contributed by atoms with Crippen molar-refractivity contribution < 1.29 is 0 Å². The Bertz CT molecular complexity index is 118. The Morgan fingerprint density at radius 3 is 2.50 bits per heavy atom. The van der Waals surface area contributed by atoms with Crippen LogP contribution in [0, 0.1) is 0 Å². The maximum Gasteiger partial charge on any atom is 0.00758 e. The standard InChI is InChI=1S/C11H23N/c1-4-5-6-7-8-11(12)9-10(2)3/h11H,2,4-9,12H2,1,3H3. The van der Waals surface area contributed by atoms with Crippen LogP contribution in [0.1, 0.15) is 52.4 Å². The van der Waals surface area contributed by atoms with Crippen molar-refractivity contribution >= 4 is 0 Å². The SMILES string of the molecule is C=C(C)CC(N)CCCCCC. The lowest BCUT2D eigenvalue weighted by Gasteiger charge is -2.10. The molecule has 1 heteroatoms. The lowest BCUT2D eigenvalue weighted by Crippen LogP contribution is -2.19. The fourth-order valence-electron chi connectivity index (χ4n) is 1.38. The zero-order valence-electron chi connectivity index (χ0n) is 8.60. The molecule has 1 nitrogen and oxygen atoms in total. The summed E-state index contributed by atoms with van der Waals surface area (Å²) in [5.74, 6) is 0. The molecule has 0 fully saturated rings. The fourth-order valence-corrected chi connectivity index (χ4v) is 1.38. The lowest BCUT2D eigenvalue weighted by atomic mass is 10.0. The summed E-state index contributed by atoms with van der Waals surface area (Å²) in [6.45, 7) is 8.14. The average molecular weight is 169 g/mol. The second-order valence-corrected chi connectivity index (χ2v) is 3.77. The minimum atomic E-state index is 0.347. The Balaban J connectivity index is 3.19. The zero-order valence-corrected chi connectivity index (χ0v) is 8.60. The van der Waals surface area contributed by atoms with Crippen LogP contribution in [0.4, 0.5) is 0 Å². The molecule has 0 heterocycles. The van der Waals surface area contributed by atoms with Crippen molar-refractivity contribution in [1.82, 2.24) is 0 Å². The maximum absolute atomic E-state index is 5.90. The topological polar surface area (TPSA) is 26.0 Å². The molecular formula is C11H23N. The number of rotatable bonds is 7. The first-order valence-electron chi connectivity index (χ1n) is 5.06. The van der Waals surface area contributed by atoms with Crippen LogP contribution < -0.4 is 5.73 Å². The summed E-state index contributed by atoms with van der Waals surface area (Å²) in [7, 11) is 0. The van der Waals surface area contributed by atoms with Crippen molar-refractivity contribution in [3.05, 3.63) is 12.2 Å². The van der Waals surface area contributed by atoms with E-state index in [0.29, 0.717) is 6.04 Å². The summed E-state index contributed by atoms with van der Waals surface area (Å²) in [6, 6.07) is 0.347. The van der Waals surface area contributed by atoms with Gasteiger partial charge in [0.1, 0.15) is 0 Å². The molecule has 0 radical (unpaired) electrons. The molecule has 72 valence electrons. The number of hydrogen-bond acceptors (Lipinski definition) is 1. The van der Waals surface area contributed by atoms with Gasteiger partial charge in [-0.2, -0.15) is 0 Å². The van der Waals surface area contributed by atoms with E-state index in [1.807, 2.05) is 6.92 Å². The van der Waals surface area contributed by atoms with Gasteiger partial charge in [0.15, 0.2) is 0 Å². The van der Waals surface area contributed by atoms with Crippen LogP contribution in [-0.2, 0) is 0 Å². The smallest absolute Gasteiger partial charge is 0.00758 e. The first kappa shape index (κ1) is 11.7. The summed E-state index contributed by atoms with van der Waals surface area (Å²) < 4.78 is 0. The summed E-state index contributed by atoms with van der Waals surface area (Å²) in [6.07, 6.45) is 7.41. The van der Waals surface area contributed by atoms with E-state index in [2.05, 4.69) is 13.5 Å². The Hall–Kier alpha value is -0.300. The van der Waals surface area contributed by atoms with Crippen molar-refractivity contribution in [2.45, 2.75) is 58.4 Å². The molecule has 0 bridgehead atoms. The van der Waals surface area contributed by atoms with E-state index in [1.165, 1.54) is 31.3 Å². The fraction of sp³-hybridized carbons (Fsp3) is 0.818. The third-order valence-corrected chi connectivity index (χ3v) is 2.04. The van der Waals surface area contributed by atoms with Crippen LogP contribution in [0.15, 0.2) is 12.2 Å². The highest BCUT2D eigenvalue weighted by Gasteiger charge is 2.01. The van der Waals surface area contributed by atoms with Gasteiger partial charge >= 0.3 is 0 Å². The summed E-state index contributed by atoms with van der Waals surface area (Å²) in [5, 5.41) is 0. The summed E-state index contributed by atoms with van der Waals surface area (Å²) >= 11 is 0. The predicted octanol–water partition coefficient (Wildman–Crippen LogP) is 3.25. The van der Waals surface area contributed by atoms with E-state index in [-0.39, 0.29) is 0 Å². The predicted molar refractivity (Wildman–Crippen MR) is 56.2 cm³/mol. The first-order valence-corrected chi connectivity index (χ1v) is 5.06. The van der Waals surface area contributed by atoms with Crippen LogP contribution in [0.3, 0.4) is 0 Å². The van der Waals surface area contributed by atoms with E-state index in [0.717, 1.165) is 12.8 Å². The molecule has 0 aromatic heterocycles. The van der Waals surface area contributed by atoms with Gasteiger partial charge in [-0.05, 0) is 19.8 Å². The molecule has 0 aliphatic carbocycles. The molecule has 12 heavy (non-hydrogen) atoms.